The van der Waals surface area contributed by atoms with Crippen LogP contribution in [0.15, 0.2) is 18.2 Å². The molecule has 5 nitrogen and oxygen atoms in total. The summed E-state index contributed by atoms with van der Waals surface area (Å²) < 4.78 is 5.21. The van der Waals surface area contributed by atoms with Crippen LogP contribution in [0, 0.1) is 6.92 Å². The highest BCUT2D eigenvalue weighted by atomic mass is 16.5. The first-order valence-corrected chi connectivity index (χ1v) is 7.27. The topological polar surface area (TPSA) is 61.8 Å². The maximum atomic E-state index is 12.4. The summed E-state index contributed by atoms with van der Waals surface area (Å²) in [5.41, 5.74) is 0.819. The van der Waals surface area contributed by atoms with Gasteiger partial charge in [-0.2, -0.15) is 0 Å². The molecular formula is C16H24N2O3. The third-order valence-electron chi connectivity index (χ3n) is 3.98. The van der Waals surface area contributed by atoms with E-state index in [1.165, 1.54) is 0 Å². The lowest BCUT2D eigenvalue weighted by molar-refractivity contribution is 0.0117. The van der Waals surface area contributed by atoms with Gasteiger partial charge in [0, 0.05) is 12.2 Å². The molecule has 1 heterocycles. The molecule has 0 spiro atoms. The third-order valence-corrected chi connectivity index (χ3v) is 3.98. The molecule has 2 N–H and O–H groups in total. The van der Waals surface area contributed by atoms with Crippen molar-refractivity contribution in [3.05, 3.63) is 23.8 Å². The Hall–Kier alpha value is -1.75. The number of amides is 2. The quantitative estimate of drug-likeness (QED) is 0.900. The summed E-state index contributed by atoms with van der Waals surface area (Å²) in [6.07, 6.45) is 1.75. The van der Waals surface area contributed by atoms with Crippen LogP contribution in [0.3, 0.4) is 0 Å². The van der Waals surface area contributed by atoms with Crippen molar-refractivity contribution in [2.24, 2.45) is 0 Å². The number of nitrogens with one attached hydrogen (secondary N) is 1. The van der Waals surface area contributed by atoms with Gasteiger partial charge in [0.1, 0.15) is 5.75 Å². The summed E-state index contributed by atoms with van der Waals surface area (Å²) in [4.78, 5) is 14.1. The van der Waals surface area contributed by atoms with Gasteiger partial charge in [0.2, 0.25) is 0 Å². The number of aryl methyl sites for hydroxylation is 1. The Labute approximate surface area is 125 Å². The number of hydrogen-bond acceptors (Lipinski definition) is 3. The van der Waals surface area contributed by atoms with E-state index in [1.807, 2.05) is 25.1 Å². The van der Waals surface area contributed by atoms with E-state index in [-0.39, 0.29) is 12.1 Å². The van der Waals surface area contributed by atoms with Gasteiger partial charge in [-0.1, -0.05) is 0 Å². The van der Waals surface area contributed by atoms with Crippen LogP contribution in [0.1, 0.15) is 32.3 Å². The van der Waals surface area contributed by atoms with E-state index in [4.69, 9.17) is 4.74 Å². The lowest BCUT2D eigenvalue weighted by atomic mass is 9.97. The standard InChI is InChI=1S/C16H24N2O3/c1-11-10-12(7-8-13(11)21-4)17-15(19)18-9-5-6-14(18)16(2,3)20/h7-8,10,14,20H,5-6,9H2,1-4H3,(H,17,19). The molecule has 21 heavy (non-hydrogen) atoms. The monoisotopic (exact) mass is 292 g/mol. The Balaban J connectivity index is 2.09. The molecule has 0 radical (unpaired) electrons. The van der Waals surface area contributed by atoms with Gasteiger partial charge in [-0.25, -0.2) is 4.79 Å². The summed E-state index contributed by atoms with van der Waals surface area (Å²) in [7, 11) is 1.62. The zero-order valence-corrected chi connectivity index (χ0v) is 13.1. The molecule has 2 amide bonds. The number of benzene rings is 1. The van der Waals surface area contributed by atoms with E-state index in [0.717, 1.165) is 29.8 Å². The van der Waals surface area contributed by atoms with E-state index in [9.17, 15) is 9.90 Å². The van der Waals surface area contributed by atoms with Gasteiger partial charge in [0.25, 0.3) is 0 Å². The van der Waals surface area contributed by atoms with Crippen molar-refractivity contribution in [2.45, 2.75) is 45.3 Å². The van der Waals surface area contributed by atoms with Crippen LogP contribution in [-0.4, -0.2) is 41.3 Å². The summed E-state index contributed by atoms with van der Waals surface area (Å²) in [5.74, 6) is 0.795. The van der Waals surface area contributed by atoms with Gasteiger partial charge < -0.3 is 20.1 Å². The number of carbonyl (C=O) groups is 1. The Kier molecular flexibility index (Phi) is 4.42. The first-order chi connectivity index (χ1) is 9.82. The third kappa shape index (κ3) is 3.47. The molecule has 0 aliphatic carbocycles. The zero-order chi connectivity index (χ0) is 15.6. The van der Waals surface area contributed by atoms with Crippen LogP contribution in [-0.2, 0) is 0 Å². The largest absolute Gasteiger partial charge is 0.496 e. The molecule has 0 bridgehead atoms. The van der Waals surface area contributed by atoms with Crippen LogP contribution in [0.25, 0.3) is 0 Å². The second kappa shape index (κ2) is 5.93. The van der Waals surface area contributed by atoms with Gasteiger partial charge in [-0.3, -0.25) is 0 Å². The second-order valence-electron chi connectivity index (χ2n) is 6.12. The van der Waals surface area contributed by atoms with Crippen molar-refractivity contribution >= 4 is 11.7 Å². The zero-order valence-electron chi connectivity index (χ0n) is 13.1. The average molecular weight is 292 g/mol. The van der Waals surface area contributed by atoms with Gasteiger partial charge in [0.15, 0.2) is 0 Å². The van der Waals surface area contributed by atoms with Gasteiger partial charge >= 0.3 is 6.03 Å². The summed E-state index contributed by atoms with van der Waals surface area (Å²) in [6, 6.07) is 5.23. The van der Waals surface area contributed by atoms with E-state index >= 15 is 0 Å². The van der Waals surface area contributed by atoms with Gasteiger partial charge in [-0.05, 0) is 57.4 Å². The van der Waals surface area contributed by atoms with Crippen molar-refractivity contribution < 1.29 is 14.6 Å². The molecule has 116 valence electrons. The van der Waals surface area contributed by atoms with Gasteiger partial charge in [0.05, 0.1) is 18.8 Å². The van der Waals surface area contributed by atoms with Crippen LogP contribution < -0.4 is 10.1 Å². The first-order valence-electron chi connectivity index (χ1n) is 7.27. The molecule has 2 rings (SSSR count). The molecule has 1 fully saturated rings. The second-order valence-corrected chi connectivity index (χ2v) is 6.12. The molecule has 0 aromatic heterocycles. The van der Waals surface area contributed by atoms with Crippen LogP contribution in [0.4, 0.5) is 10.5 Å². The number of likely N-dealkylation sites (tertiary alicyclic amines) is 1. The molecule has 1 aliphatic heterocycles. The van der Waals surface area contributed by atoms with Crippen molar-refractivity contribution in [1.29, 1.82) is 0 Å². The van der Waals surface area contributed by atoms with E-state index in [1.54, 1.807) is 25.9 Å². The summed E-state index contributed by atoms with van der Waals surface area (Å²) in [5, 5.41) is 13.1. The van der Waals surface area contributed by atoms with Crippen molar-refractivity contribution in [1.82, 2.24) is 4.90 Å². The molecule has 1 aromatic carbocycles. The van der Waals surface area contributed by atoms with Crippen LogP contribution in [0.5, 0.6) is 5.75 Å². The Morgan fingerprint density at radius 1 is 1.48 bits per heavy atom. The van der Waals surface area contributed by atoms with E-state index in [2.05, 4.69) is 5.32 Å². The smallest absolute Gasteiger partial charge is 0.322 e. The number of carbonyl (C=O) groups excluding carboxylic acids is 1. The maximum Gasteiger partial charge on any atom is 0.322 e. The molecule has 1 unspecified atom stereocenters. The fourth-order valence-corrected chi connectivity index (χ4v) is 2.90. The number of urea groups is 1. The minimum absolute atomic E-state index is 0.142. The minimum atomic E-state index is -0.885. The summed E-state index contributed by atoms with van der Waals surface area (Å²) >= 11 is 0. The molecule has 5 heteroatoms. The Morgan fingerprint density at radius 2 is 2.19 bits per heavy atom. The highest BCUT2D eigenvalue weighted by Crippen LogP contribution is 2.28. The first kappa shape index (κ1) is 15.6. The summed E-state index contributed by atoms with van der Waals surface area (Å²) in [6.45, 7) is 6.11. The Bertz CT molecular complexity index is 523. The molecular weight excluding hydrogens is 268 g/mol. The number of aliphatic hydroxyl groups is 1. The average Bonchev–Trinajstić information content (AvgIpc) is 2.88. The molecule has 1 aliphatic rings. The van der Waals surface area contributed by atoms with Crippen LogP contribution in [0.2, 0.25) is 0 Å². The number of ether oxygens (including phenoxy) is 1. The number of hydrogen-bond donors (Lipinski definition) is 2. The number of methoxy groups -OCH3 is 1. The highest BCUT2D eigenvalue weighted by molar-refractivity contribution is 5.90. The predicted octanol–water partition coefficient (Wildman–Crippen LogP) is 2.77. The number of rotatable bonds is 3. The molecule has 0 saturated carbocycles. The predicted molar refractivity (Wildman–Crippen MR) is 82.8 cm³/mol. The normalized spacial score (nSPS) is 18.7. The lowest BCUT2D eigenvalue weighted by Gasteiger charge is -2.33. The van der Waals surface area contributed by atoms with Gasteiger partial charge in [-0.15, -0.1) is 0 Å². The molecule has 1 atom stereocenters. The lowest BCUT2D eigenvalue weighted by Crippen LogP contribution is -2.49. The maximum absolute atomic E-state index is 12.4. The molecule has 1 aromatic rings. The van der Waals surface area contributed by atoms with Crippen molar-refractivity contribution in [2.75, 3.05) is 19.0 Å². The number of nitrogens with zero attached hydrogens (tertiary/aromatic N) is 1. The molecule has 1 saturated heterocycles. The SMILES string of the molecule is COc1ccc(NC(=O)N2CCCC2C(C)(C)O)cc1C. The van der Waals surface area contributed by atoms with Crippen molar-refractivity contribution in [3.63, 3.8) is 0 Å². The minimum Gasteiger partial charge on any atom is -0.496 e. The van der Waals surface area contributed by atoms with E-state index < -0.39 is 5.60 Å². The van der Waals surface area contributed by atoms with E-state index in [0.29, 0.717) is 6.54 Å². The Morgan fingerprint density at radius 3 is 2.76 bits per heavy atom. The fraction of sp³-hybridized carbons (Fsp3) is 0.562. The fourth-order valence-electron chi connectivity index (χ4n) is 2.90. The van der Waals surface area contributed by atoms with Crippen LogP contribution >= 0.6 is 0 Å². The van der Waals surface area contributed by atoms with Crippen molar-refractivity contribution in [3.8, 4) is 5.75 Å². The number of anilines is 1. The highest BCUT2D eigenvalue weighted by Gasteiger charge is 2.38.